The number of carbonyl (C=O) groups excluding carboxylic acids is 1. The van der Waals surface area contributed by atoms with Crippen LogP contribution in [0.1, 0.15) is 32.6 Å². The van der Waals surface area contributed by atoms with E-state index in [-0.39, 0.29) is 5.92 Å². The number of hydrogen-bond donors (Lipinski definition) is 0. The summed E-state index contributed by atoms with van der Waals surface area (Å²) < 4.78 is 0. The van der Waals surface area contributed by atoms with Gasteiger partial charge in [-0.25, -0.2) is 0 Å². The van der Waals surface area contributed by atoms with Crippen molar-refractivity contribution < 1.29 is 4.79 Å². The Hall–Kier alpha value is -0.590. The number of unbranched alkanes of at least 4 members (excludes halogenated alkanes) is 1. The van der Waals surface area contributed by atoms with E-state index < -0.39 is 0 Å². The minimum Gasteiger partial charge on any atom is -0.303 e. The number of rotatable bonds is 6. The maximum absolute atomic E-state index is 10.3. The number of hydrogen-bond acceptors (Lipinski definition) is 1. The van der Waals surface area contributed by atoms with Gasteiger partial charge in [0, 0.05) is 5.92 Å². The van der Waals surface area contributed by atoms with Crippen molar-refractivity contribution in [1.29, 1.82) is 0 Å². The summed E-state index contributed by atoms with van der Waals surface area (Å²) in [7, 11) is 0. The van der Waals surface area contributed by atoms with Gasteiger partial charge in [0.05, 0.1) is 0 Å². The molecule has 0 aliphatic rings. The number of carbonyl (C=O) groups is 1. The largest absolute Gasteiger partial charge is 0.303 e. The van der Waals surface area contributed by atoms with Crippen molar-refractivity contribution in [3.8, 4) is 0 Å². The van der Waals surface area contributed by atoms with Crippen molar-refractivity contribution in [3.05, 3.63) is 12.7 Å². The third-order valence-corrected chi connectivity index (χ3v) is 1.70. The lowest BCUT2D eigenvalue weighted by Gasteiger charge is -2.03. The zero-order chi connectivity index (χ0) is 7.82. The highest BCUT2D eigenvalue weighted by atomic mass is 16.1. The van der Waals surface area contributed by atoms with E-state index in [1.807, 2.05) is 13.0 Å². The SMILES string of the molecule is C=CCCCC(C=O)CC. The molecule has 0 radical (unpaired) electrons. The predicted molar refractivity (Wildman–Crippen MR) is 43.9 cm³/mol. The summed E-state index contributed by atoms with van der Waals surface area (Å²) >= 11 is 0. The van der Waals surface area contributed by atoms with Crippen LogP contribution < -0.4 is 0 Å². The average Bonchev–Trinajstić information content (AvgIpc) is 1.99. The Morgan fingerprint density at radius 2 is 2.30 bits per heavy atom. The summed E-state index contributed by atoms with van der Waals surface area (Å²) in [6.07, 6.45) is 7.08. The normalized spacial score (nSPS) is 12.5. The lowest BCUT2D eigenvalue weighted by Crippen LogP contribution is -1.98. The molecule has 0 aliphatic carbocycles. The highest BCUT2D eigenvalue weighted by Crippen LogP contribution is 2.09. The maximum Gasteiger partial charge on any atom is 0.123 e. The van der Waals surface area contributed by atoms with Crippen LogP contribution in [-0.4, -0.2) is 6.29 Å². The molecule has 0 amide bonds. The molecular formula is C9H16O. The smallest absolute Gasteiger partial charge is 0.123 e. The highest BCUT2D eigenvalue weighted by molar-refractivity contribution is 5.53. The molecule has 1 heteroatoms. The van der Waals surface area contributed by atoms with E-state index in [9.17, 15) is 4.79 Å². The van der Waals surface area contributed by atoms with E-state index in [0.29, 0.717) is 0 Å². The van der Waals surface area contributed by atoms with Gasteiger partial charge < -0.3 is 4.79 Å². The first-order valence-electron chi connectivity index (χ1n) is 3.91. The fourth-order valence-corrected chi connectivity index (χ4v) is 0.893. The molecule has 0 saturated carbocycles. The molecule has 0 aromatic heterocycles. The molecule has 0 bridgehead atoms. The standard InChI is InChI=1S/C9H16O/c1-3-5-6-7-9(4-2)8-10/h3,8-9H,1,4-7H2,2H3. The molecule has 1 unspecified atom stereocenters. The molecule has 0 aliphatic heterocycles. The quantitative estimate of drug-likeness (QED) is 0.315. The first-order valence-corrected chi connectivity index (χ1v) is 3.91. The summed E-state index contributed by atoms with van der Waals surface area (Å²) in [6.45, 7) is 5.67. The zero-order valence-electron chi connectivity index (χ0n) is 6.68. The predicted octanol–water partition coefficient (Wildman–Crippen LogP) is 2.57. The van der Waals surface area contributed by atoms with Crippen LogP contribution in [0, 0.1) is 5.92 Å². The third-order valence-electron chi connectivity index (χ3n) is 1.70. The molecular weight excluding hydrogens is 124 g/mol. The van der Waals surface area contributed by atoms with E-state index in [2.05, 4.69) is 6.58 Å². The van der Waals surface area contributed by atoms with Crippen LogP contribution >= 0.6 is 0 Å². The lowest BCUT2D eigenvalue weighted by atomic mass is 10.0. The van der Waals surface area contributed by atoms with Gasteiger partial charge in [-0.2, -0.15) is 0 Å². The topological polar surface area (TPSA) is 17.1 Å². The molecule has 58 valence electrons. The van der Waals surface area contributed by atoms with E-state index >= 15 is 0 Å². The van der Waals surface area contributed by atoms with Gasteiger partial charge in [-0.15, -0.1) is 6.58 Å². The van der Waals surface area contributed by atoms with Crippen LogP contribution in [0.2, 0.25) is 0 Å². The summed E-state index contributed by atoms with van der Waals surface area (Å²) in [5, 5.41) is 0. The Labute approximate surface area is 63.1 Å². The van der Waals surface area contributed by atoms with Crippen LogP contribution in [-0.2, 0) is 4.79 Å². The number of aldehydes is 1. The Bertz CT molecular complexity index is 96.9. The van der Waals surface area contributed by atoms with Gasteiger partial charge in [-0.05, 0) is 25.7 Å². The van der Waals surface area contributed by atoms with Crippen molar-refractivity contribution >= 4 is 6.29 Å². The third kappa shape index (κ3) is 4.30. The highest BCUT2D eigenvalue weighted by Gasteiger charge is 2.01. The molecule has 0 heterocycles. The first kappa shape index (κ1) is 9.41. The van der Waals surface area contributed by atoms with Gasteiger partial charge in [-0.1, -0.05) is 13.0 Å². The molecule has 1 atom stereocenters. The van der Waals surface area contributed by atoms with Gasteiger partial charge in [0.15, 0.2) is 0 Å². The van der Waals surface area contributed by atoms with Crippen molar-refractivity contribution in [2.75, 3.05) is 0 Å². The lowest BCUT2D eigenvalue weighted by molar-refractivity contribution is -0.111. The minimum atomic E-state index is 0.278. The Balaban J connectivity index is 3.25. The molecule has 10 heavy (non-hydrogen) atoms. The van der Waals surface area contributed by atoms with E-state index in [4.69, 9.17) is 0 Å². The van der Waals surface area contributed by atoms with Crippen molar-refractivity contribution in [2.24, 2.45) is 5.92 Å². The van der Waals surface area contributed by atoms with Crippen molar-refractivity contribution in [3.63, 3.8) is 0 Å². The molecule has 0 rings (SSSR count). The minimum absolute atomic E-state index is 0.278. The summed E-state index contributed by atoms with van der Waals surface area (Å²) in [6, 6.07) is 0. The molecule has 1 nitrogen and oxygen atoms in total. The van der Waals surface area contributed by atoms with Gasteiger partial charge >= 0.3 is 0 Å². The molecule has 0 aromatic rings. The monoisotopic (exact) mass is 140 g/mol. The van der Waals surface area contributed by atoms with Gasteiger partial charge in [0.1, 0.15) is 6.29 Å². The molecule has 0 saturated heterocycles. The second kappa shape index (κ2) is 6.53. The van der Waals surface area contributed by atoms with Crippen LogP contribution in [0.5, 0.6) is 0 Å². The van der Waals surface area contributed by atoms with Gasteiger partial charge in [-0.3, -0.25) is 0 Å². The number of allylic oxidation sites excluding steroid dienone is 1. The van der Waals surface area contributed by atoms with Crippen LogP contribution in [0.25, 0.3) is 0 Å². The Kier molecular flexibility index (Phi) is 6.14. The van der Waals surface area contributed by atoms with E-state index in [0.717, 1.165) is 32.0 Å². The van der Waals surface area contributed by atoms with Gasteiger partial charge in [0.2, 0.25) is 0 Å². The molecule has 0 N–H and O–H groups in total. The molecule has 0 spiro atoms. The summed E-state index contributed by atoms with van der Waals surface area (Å²) in [5.41, 5.74) is 0. The second-order valence-corrected chi connectivity index (χ2v) is 2.52. The molecule has 0 aromatic carbocycles. The fourth-order valence-electron chi connectivity index (χ4n) is 0.893. The Morgan fingerprint density at radius 1 is 1.60 bits per heavy atom. The maximum atomic E-state index is 10.3. The average molecular weight is 140 g/mol. The molecule has 0 fully saturated rings. The van der Waals surface area contributed by atoms with Crippen molar-refractivity contribution in [1.82, 2.24) is 0 Å². The van der Waals surface area contributed by atoms with E-state index in [1.54, 1.807) is 0 Å². The first-order chi connectivity index (χ1) is 4.85. The van der Waals surface area contributed by atoms with E-state index in [1.165, 1.54) is 0 Å². The van der Waals surface area contributed by atoms with Crippen LogP contribution in [0.3, 0.4) is 0 Å². The van der Waals surface area contributed by atoms with Crippen LogP contribution in [0.4, 0.5) is 0 Å². The summed E-state index contributed by atoms with van der Waals surface area (Å²) in [5.74, 6) is 0.278. The summed E-state index contributed by atoms with van der Waals surface area (Å²) in [4.78, 5) is 10.3. The van der Waals surface area contributed by atoms with Gasteiger partial charge in [0.25, 0.3) is 0 Å². The van der Waals surface area contributed by atoms with Crippen molar-refractivity contribution in [2.45, 2.75) is 32.6 Å². The Morgan fingerprint density at radius 3 is 2.70 bits per heavy atom. The fraction of sp³-hybridized carbons (Fsp3) is 0.667. The zero-order valence-corrected chi connectivity index (χ0v) is 6.68. The second-order valence-electron chi connectivity index (χ2n) is 2.52. The van der Waals surface area contributed by atoms with Crippen LogP contribution in [0.15, 0.2) is 12.7 Å².